The predicted molar refractivity (Wildman–Crippen MR) is 142 cm³/mol. The highest BCUT2D eigenvalue weighted by Crippen LogP contribution is 2.37. The minimum absolute atomic E-state index is 0.0257. The molecular weight excluding hydrogens is 481 g/mol. The Labute approximate surface area is 214 Å². The molecule has 0 saturated carbocycles. The largest absolute Gasteiger partial charge is 0.524 e. The van der Waals surface area contributed by atoms with Crippen LogP contribution in [-0.2, 0) is 20.6 Å². The fourth-order valence-corrected chi connectivity index (χ4v) is 3.83. The van der Waals surface area contributed by atoms with Gasteiger partial charge in [-0.2, -0.15) is 0 Å². The van der Waals surface area contributed by atoms with Gasteiger partial charge >= 0.3 is 13.8 Å². The molecule has 4 N–H and O–H groups in total. The fourth-order valence-electron chi connectivity index (χ4n) is 3.43. The third-order valence-electron chi connectivity index (χ3n) is 5.28. The number of hydrogen-bond donors (Lipinski definition) is 4. The zero-order valence-corrected chi connectivity index (χ0v) is 21.9. The highest BCUT2D eigenvalue weighted by atomic mass is 31.2. The number of rotatable bonds is 19. The van der Waals surface area contributed by atoms with E-state index in [1.54, 1.807) is 0 Å². The monoisotopic (exact) mass is 521 g/mol. The lowest BCUT2D eigenvalue weighted by molar-refractivity contribution is -0.141. The van der Waals surface area contributed by atoms with Crippen LogP contribution in [0, 0.1) is 0 Å². The van der Waals surface area contributed by atoms with Gasteiger partial charge in [0.2, 0.25) is 5.91 Å². The van der Waals surface area contributed by atoms with E-state index in [9.17, 15) is 19.3 Å². The molecule has 0 aliphatic rings. The Morgan fingerprint density at radius 2 is 1.50 bits per heavy atom. The van der Waals surface area contributed by atoms with Crippen molar-refractivity contribution in [2.45, 2.75) is 83.6 Å². The number of carboxylic acid groups (broad SMARTS) is 1. The molecule has 0 saturated heterocycles. The maximum Gasteiger partial charge on any atom is 0.524 e. The second-order valence-corrected chi connectivity index (χ2v) is 9.65. The van der Waals surface area contributed by atoms with E-state index in [0.29, 0.717) is 12.0 Å². The second-order valence-electron chi connectivity index (χ2n) is 8.49. The molecule has 1 atom stereocenters. The number of unbranched alkanes of at least 4 members (excludes halogenated alkanes) is 5. The molecule has 0 radical (unpaired) electrons. The number of aliphatic carboxylic acids is 1. The van der Waals surface area contributed by atoms with Gasteiger partial charge < -0.3 is 14.9 Å². The lowest BCUT2D eigenvalue weighted by Gasteiger charge is -2.15. The van der Waals surface area contributed by atoms with Crippen molar-refractivity contribution in [2.75, 3.05) is 0 Å². The summed E-state index contributed by atoms with van der Waals surface area (Å²) in [5.41, 5.74) is 0.593. The van der Waals surface area contributed by atoms with Crippen molar-refractivity contribution in [1.29, 1.82) is 0 Å². The van der Waals surface area contributed by atoms with Crippen molar-refractivity contribution in [3.63, 3.8) is 0 Å². The summed E-state index contributed by atoms with van der Waals surface area (Å²) in [4.78, 5) is 41.4. The van der Waals surface area contributed by atoms with Gasteiger partial charge in [0.15, 0.2) is 0 Å². The van der Waals surface area contributed by atoms with Gasteiger partial charge in [-0.3, -0.25) is 14.6 Å². The number of carbonyl (C=O) groups excluding carboxylic acids is 1. The SMILES string of the molecule is CC/C=C\C/C=C\C/C=C\CCCCCCCC(=O)NC(Cc1ccc(OP(=O)(O)O)cc1)C(=O)O. The van der Waals surface area contributed by atoms with Crippen molar-refractivity contribution in [2.24, 2.45) is 0 Å². The minimum Gasteiger partial charge on any atom is -0.480 e. The predicted octanol–water partition coefficient (Wildman–Crippen LogP) is 5.86. The maximum absolute atomic E-state index is 12.2. The first kappa shape index (κ1) is 31.4. The lowest BCUT2D eigenvalue weighted by atomic mass is 10.0. The standard InChI is InChI=1S/C27H40NO7P/c1-2-3-4-5-6-7-8-9-10-11-12-13-14-15-16-17-26(29)28-25(27(30)31)22-23-18-20-24(21-19-23)35-36(32,33)34/h3-4,6-7,9-10,18-21,25H,2,5,8,11-17,22H2,1H3,(H,28,29)(H,30,31)(H2,32,33,34)/b4-3-,7-6-,10-9-. The van der Waals surface area contributed by atoms with Crippen LogP contribution in [0.2, 0.25) is 0 Å². The Kier molecular flexibility index (Phi) is 16.2. The first-order valence-corrected chi connectivity index (χ1v) is 14.1. The van der Waals surface area contributed by atoms with Crippen molar-refractivity contribution >= 4 is 19.7 Å². The van der Waals surface area contributed by atoms with Crippen LogP contribution in [0.25, 0.3) is 0 Å². The number of carboxylic acids is 1. The molecule has 36 heavy (non-hydrogen) atoms. The topological polar surface area (TPSA) is 133 Å². The highest BCUT2D eigenvalue weighted by Gasteiger charge is 2.21. The Bertz CT molecular complexity index is 903. The lowest BCUT2D eigenvalue weighted by Crippen LogP contribution is -2.42. The molecule has 0 heterocycles. The highest BCUT2D eigenvalue weighted by molar-refractivity contribution is 7.46. The molecular formula is C27H40NO7P. The summed E-state index contributed by atoms with van der Waals surface area (Å²) >= 11 is 0. The van der Waals surface area contributed by atoms with Gasteiger partial charge in [0, 0.05) is 12.8 Å². The van der Waals surface area contributed by atoms with Gasteiger partial charge in [0.05, 0.1) is 0 Å². The quantitative estimate of drug-likeness (QED) is 0.102. The van der Waals surface area contributed by atoms with Gasteiger partial charge in [-0.15, -0.1) is 0 Å². The van der Waals surface area contributed by atoms with Crippen LogP contribution in [0.1, 0.15) is 76.7 Å². The van der Waals surface area contributed by atoms with E-state index in [2.05, 4.69) is 53.2 Å². The molecule has 0 aliphatic heterocycles. The molecule has 200 valence electrons. The van der Waals surface area contributed by atoms with Crippen LogP contribution in [0.15, 0.2) is 60.7 Å². The maximum atomic E-state index is 12.2. The van der Waals surface area contributed by atoms with E-state index in [1.165, 1.54) is 24.3 Å². The minimum atomic E-state index is -4.65. The molecule has 1 amide bonds. The number of phosphoric ester groups is 1. The Morgan fingerprint density at radius 1 is 0.917 bits per heavy atom. The molecule has 1 aromatic carbocycles. The molecule has 0 aliphatic carbocycles. The zero-order valence-electron chi connectivity index (χ0n) is 21.1. The van der Waals surface area contributed by atoms with Crippen molar-refractivity contribution in [1.82, 2.24) is 5.32 Å². The molecule has 9 heteroatoms. The number of hydrogen-bond acceptors (Lipinski definition) is 4. The summed E-state index contributed by atoms with van der Waals surface area (Å²) in [7, 11) is -4.65. The van der Waals surface area contributed by atoms with Crippen LogP contribution >= 0.6 is 7.82 Å². The van der Waals surface area contributed by atoms with Crippen LogP contribution < -0.4 is 9.84 Å². The third kappa shape index (κ3) is 16.9. The molecule has 0 fully saturated rings. The Balaban J connectivity index is 2.19. The third-order valence-corrected chi connectivity index (χ3v) is 5.72. The molecule has 1 aromatic rings. The first-order chi connectivity index (χ1) is 17.2. The Hall–Kier alpha value is -2.67. The summed E-state index contributed by atoms with van der Waals surface area (Å²) in [5, 5.41) is 12.0. The molecule has 1 rings (SSSR count). The molecule has 0 bridgehead atoms. The average molecular weight is 522 g/mol. The number of phosphoric acid groups is 1. The first-order valence-electron chi connectivity index (χ1n) is 12.5. The summed E-state index contributed by atoms with van der Waals surface area (Å²) in [6.07, 6.45) is 22.4. The van der Waals surface area contributed by atoms with Gasteiger partial charge in [-0.25, -0.2) is 9.36 Å². The molecule has 0 spiro atoms. The van der Waals surface area contributed by atoms with Gasteiger partial charge in [-0.1, -0.05) is 74.8 Å². The summed E-state index contributed by atoms with van der Waals surface area (Å²) in [6.45, 7) is 2.13. The smallest absolute Gasteiger partial charge is 0.480 e. The van der Waals surface area contributed by atoms with Gasteiger partial charge in [-0.05, 0) is 56.2 Å². The van der Waals surface area contributed by atoms with E-state index < -0.39 is 19.8 Å². The van der Waals surface area contributed by atoms with Gasteiger partial charge in [0.25, 0.3) is 0 Å². The van der Waals surface area contributed by atoms with Crippen LogP contribution in [-0.4, -0.2) is 32.8 Å². The average Bonchev–Trinajstić information content (AvgIpc) is 2.81. The van der Waals surface area contributed by atoms with E-state index in [-0.39, 0.29) is 24.5 Å². The van der Waals surface area contributed by atoms with E-state index in [1.807, 2.05) is 0 Å². The molecule has 8 nitrogen and oxygen atoms in total. The number of benzene rings is 1. The van der Waals surface area contributed by atoms with Crippen molar-refractivity contribution in [3.8, 4) is 5.75 Å². The van der Waals surface area contributed by atoms with Crippen LogP contribution in [0.3, 0.4) is 0 Å². The second kappa shape index (κ2) is 18.6. The van der Waals surface area contributed by atoms with Crippen molar-refractivity contribution < 1.29 is 33.6 Å². The number of allylic oxidation sites excluding steroid dienone is 6. The summed E-state index contributed by atoms with van der Waals surface area (Å²) < 4.78 is 15.3. The van der Waals surface area contributed by atoms with Gasteiger partial charge in [0.1, 0.15) is 11.8 Å². The zero-order chi connectivity index (χ0) is 26.7. The van der Waals surface area contributed by atoms with Crippen LogP contribution in [0.4, 0.5) is 0 Å². The number of carbonyl (C=O) groups is 2. The number of nitrogens with one attached hydrogen (secondary N) is 1. The van der Waals surface area contributed by atoms with Crippen LogP contribution in [0.5, 0.6) is 5.75 Å². The summed E-state index contributed by atoms with van der Waals surface area (Å²) in [5.74, 6) is -1.47. The molecule has 0 aromatic heterocycles. The van der Waals surface area contributed by atoms with E-state index in [4.69, 9.17) is 9.79 Å². The normalized spacial score (nSPS) is 13.0. The molecule has 1 unspecified atom stereocenters. The van der Waals surface area contributed by atoms with E-state index in [0.717, 1.165) is 51.4 Å². The summed E-state index contributed by atoms with van der Waals surface area (Å²) in [6, 6.07) is 4.61. The van der Waals surface area contributed by atoms with E-state index >= 15 is 0 Å². The fraction of sp³-hybridized carbons (Fsp3) is 0.481. The van der Waals surface area contributed by atoms with Crippen molar-refractivity contribution in [3.05, 3.63) is 66.3 Å². The number of amides is 1. The Morgan fingerprint density at radius 3 is 2.11 bits per heavy atom.